The molecule has 3 aromatic rings. The lowest BCUT2D eigenvalue weighted by Gasteiger charge is -2.12. The lowest BCUT2D eigenvalue weighted by atomic mass is 10.2. The Bertz CT molecular complexity index is 714. The van der Waals surface area contributed by atoms with Crippen LogP contribution in [0.25, 0.3) is 0 Å². The molecule has 0 unspecified atom stereocenters. The van der Waals surface area contributed by atoms with Crippen LogP contribution in [0.5, 0.6) is 0 Å². The molecule has 22 heavy (non-hydrogen) atoms. The van der Waals surface area contributed by atoms with Crippen LogP contribution in [0.3, 0.4) is 0 Å². The lowest BCUT2D eigenvalue weighted by molar-refractivity contribution is 0.687. The maximum atomic E-state index is 4.40. The first-order valence-corrected chi connectivity index (χ1v) is 7.31. The molecule has 0 aliphatic carbocycles. The molecule has 0 aliphatic heterocycles. The Balaban J connectivity index is 1.66. The van der Waals surface area contributed by atoms with E-state index >= 15 is 0 Å². The van der Waals surface area contributed by atoms with E-state index < -0.39 is 0 Å². The Morgan fingerprint density at radius 2 is 1.68 bits per heavy atom. The van der Waals surface area contributed by atoms with Gasteiger partial charge in [-0.25, -0.2) is 0 Å². The molecule has 1 aromatic heterocycles. The van der Waals surface area contributed by atoms with Crippen molar-refractivity contribution in [1.29, 1.82) is 0 Å². The van der Waals surface area contributed by atoms with Gasteiger partial charge in [0.2, 0.25) is 0 Å². The molecule has 3 rings (SSSR count). The van der Waals surface area contributed by atoms with Crippen molar-refractivity contribution < 1.29 is 0 Å². The van der Waals surface area contributed by atoms with Gasteiger partial charge >= 0.3 is 0 Å². The molecule has 0 radical (unpaired) electrons. The normalized spacial score (nSPS) is 10.5. The molecular weight excluding hydrogens is 272 g/mol. The van der Waals surface area contributed by atoms with Gasteiger partial charge in [0.15, 0.2) is 0 Å². The molecule has 0 bridgehead atoms. The van der Waals surface area contributed by atoms with Crippen molar-refractivity contribution in [2.45, 2.75) is 6.54 Å². The fourth-order valence-corrected chi connectivity index (χ4v) is 2.29. The first-order chi connectivity index (χ1) is 10.7. The summed E-state index contributed by atoms with van der Waals surface area (Å²) in [5, 5.41) is 7.77. The highest BCUT2D eigenvalue weighted by molar-refractivity contribution is 5.61. The molecule has 0 amide bonds. The summed E-state index contributed by atoms with van der Waals surface area (Å²) in [6.07, 6.45) is 3.87. The second-order valence-electron chi connectivity index (χ2n) is 5.48. The highest BCUT2D eigenvalue weighted by Crippen LogP contribution is 2.19. The largest absolute Gasteiger partial charge is 0.378 e. The molecule has 2 aromatic carbocycles. The van der Waals surface area contributed by atoms with E-state index in [-0.39, 0.29) is 0 Å². The monoisotopic (exact) mass is 292 g/mol. The van der Waals surface area contributed by atoms with Crippen molar-refractivity contribution >= 4 is 17.1 Å². The van der Waals surface area contributed by atoms with Crippen LogP contribution in [0.15, 0.2) is 67.0 Å². The van der Waals surface area contributed by atoms with Crippen LogP contribution >= 0.6 is 0 Å². The number of nitrogens with zero attached hydrogens (tertiary/aromatic N) is 3. The van der Waals surface area contributed by atoms with Gasteiger partial charge in [0.1, 0.15) is 0 Å². The number of nitrogens with one attached hydrogen (secondary N) is 1. The first kappa shape index (κ1) is 14.2. The summed E-state index contributed by atoms with van der Waals surface area (Å²) in [7, 11) is 4.08. The summed E-state index contributed by atoms with van der Waals surface area (Å²) < 4.78 is 1.94. The Morgan fingerprint density at radius 1 is 0.955 bits per heavy atom. The van der Waals surface area contributed by atoms with Gasteiger partial charge in [0.05, 0.1) is 18.4 Å². The van der Waals surface area contributed by atoms with Crippen LogP contribution in [0.1, 0.15) is 5.56 Å². The number of rotatable bonds is 5. The Labute approximate surface area is 131 Å². The van der Waals surface area contributed by atoms with Gasteiger partial charge in [-0.15, -0.1) is 0 Å². The van der Waals surface area contributed by atoms with Crippen molar-refractivity contribution in [2.75, 3.05) is 24.3 Å². The topological polar surface area (TPSA) is 33.1 Å². The highest BCUT2D eigenvalue weighted by Gasteiger charge is 2.01. The molecule has 4 nitrogen and oxygen atoms in total. The van der Waals surface area contributed by atoms with Crippen LogP contribution < -0.4 is 10.2 Å². The van der Waals surface area contributed by atoms with Gasteiger partial charge in [-0.05, 0) is 29.8 Å². The van der Waals surface area contributed by atoms with Crippen molar-refractivity contribution in [3.05, 3.63) is 72.6 Å². The third-order valence-corrected chi connectivity index (χ3v) is 3.49. The van der Waals surface area contributed by atoms with E-state index in [2.05, 4.69) is 51.7 Å². The summed E-state index contributed by atoms with van der Waals surface area (Å²) >= 11 is 0. The minimum atomic E-state index is 0.780. The van der Waals surface area contributed by atoms with Crippen LogP contribution in [-0.4, -0.2) is 23.9 Å². The van der Waals surface area contributed by atoms with Gasteiger partial charge in [0.25, 0.3) is 0 Å². The van der Waals surface area contributed by atoms with Crippen molar-refractivity contribution in [1.82, 2.24) is 9.78 Å². The smallest absolute Gasteiger partial charge is 0.0770 e. The van der Waals surface area contributed by atoms with Gasteiger partial charge in [-0.2, -0.15) is 5.10 Å². The number of benzene rings is 2. The second kappa shape index (κ2) is 6.35. The maximum Gasteiger partial charge on any atom is 0.0770 e. The van der Waals surface area contributed by atoms with Crippen molar-refractivity contribution in [3.63, 3.8) is 0 Å². The van der Waals surface area contributed by atoms with E-state index in [1.807, 2.05) is 49.4 Å². The number of hydrogen-bond donors (Lipinski definition) is 1. The van der Waals surface area contributed by atoms with Gasteiger partial charge in [-0.1, -0.05) is 30.3 Å². The summed E-state index contributed by atoms with van der Waals surface area (Å²) in [6, 6.07) is 18.7. The van der Waals surface area contributed by atoms with Gasteiger partial charge < -0.3 is 10.2 Å². The zero-order valence-corrected chi connectivity index (χ0v) is 12.9. The quantitative estimate of drug-likeness (QED) is 0.777. The average molecular weight is 292 g/mol. The van der Waals surface area contributed by atoms with E-state index in [9.17, 15) is 0 Å². The molecule has 0 saturated carbocycles. The summed E-state index contributed by atoms with van der Waals surface area (Å²) in [5.41, 5.74) is 4.48. The zero-order valence-electron chi connectivity index (χ0n) is 12.9. The fourth-order valence-electron chi connectivity index (χ4n) is 2.29. The van der Waals surface area contributed by atoms with E-state index in [0.717, 1.165) is 17.9 Å². The summed E-state index contributed by atoms with van der Waals surface area (Å²) in [5.74, 6) is 0. The fraction of sp³-hybridized carbons (Fsp3) is 0.167. The predicted octanol–water partition coefficient (Wildman–Crippen LogP) is 3.74. The third kappa shape index (κ3) is 3.47. The number of anilines is 3. The first-order valence-electron chi connectivity index (χ1n) is 7.31. The molecular formula is C18H20N4. The molecule has 0 saturated heterocycles. The van der Waals surface area contributed by atoms with Crippen LogP contribution in [-0.2, 0) is 6.54 Å². The summed E-state index contributed by atoms with van der Waals surface area (Å²) in [6.45, 7) is 0.780. The van der Waals surface area contributed by atoms with E-state index in [1.54, 1.807) is 0 Å². The minimum absolute atomic E-state index is 0.780. The highest BCUT2D eigenvalue weighted by atomic mass is 15.3. The van der Waals surface area contributed by atoms with Crippen LogP contribution in [0.2, 0.25) is 0 Å². The van der Waals surface area contributed by atoms with E-state index in [1.165, 1.54) is 11.3 Å². The van der Waals surface area contributed by atoms with Crippen LogP contribution in [0, 0.1) is 0 Å². The second-order valence-corrected chi connectivity index (χ2v) is 5.48. The van der Waals surface area contributed by atoms with Crippen LogP contribution in [0.4, 0.5) is 17.1 Å². The maximum absolute atomic E-state index is 4.40. The molecule has 1 N–H and O–H groups in total. The van der Waals surface area contributed by atoms with Gasteiger partial charge in [0, 0.05) is 31.7 Å². The molecule has 0 fully saturated rings. The van der Waals surface area contributed by atoms with Crippen molar-refractivity contribution in [3.8, 4) is 0 Å². The zero-order chi connectivity index (χ0) is 15.4. The van der Waals surface area contributed by atoms with Crippen molar-refractivity contribution in [2.24, 2.45) is 0 Å². The van der Waals surface area contributed by atoms with E-state index in [4.69, 9.17) is 0 Å². The SMILES string of the molecule is CN(C)c1ccc(Nc2cnn(Cc3ccccc3)c2)cc1. The molecule has 112 valence electrons. The lowest BCUT2D eigenvalue weighted by Crippen LogP contribution is -2.08. The molecule has 4 heteroatoms. The summed E-state index contributed by atoms with van der Waals surface area (Å²) in [4.78, 5) is 2.08. The van der Waals surface area contributed by atoms with Gasteiger partial charge in [-0.3, -0.25) is 4.68 Å². The third-order valence-electron chi connectivity index (χ3n) is 3.49. The Kier molecular flexibility index (Phi) is 4.10. The average Bonchev–Trinajstić information content (AvgIpc) is 2.96. The number of hydrogen-bond acceptors (Lipinski definition) is 3. The molecule has 1 heterocycles. The molecule has 0 atom stereocenters. The predicted molar refractivity (Wildman–Crippen MR) is 91.8 cm³/mol. The molecule has 0 aliphatic rings. The Hall–Kier alpha value is -2.75. The minimum Gasteiger partial charge on any atom is -0.378 e. The standard InChI is InChI=1S/C18H20N4/c1-21(2)18-10-8-16(9-11-18)20-17-12-19-22(14-17)13-15-6-4-3-5-7-15/h3-12,14,20H,13H2,1-2H3. The number of aromatic nitrogens is 2. The Morgan fingerprint density at radius 3 is 2.36 bits per heavy atom. The molecule has 0 spiro atoms. The van der Waals surface area contributed by atoms with E-state index in [0.29, 0.717) is 0 Å².